The molecule has 0 saturated heterocycles. The van der Waals surface area contributed by atoms with E-state index in [9.17, 15) is 9.59 Å². The van der Waals surface area contributed by atoms with Crippen LogP contribution in [0.4, 0.5) is 5.69 Å². The smallest absolute Gasteiger partial charge is 0.258 e. The molecular formula is C18H16ClN3O2S. The molecule has 1 N–H and O–H groups in total. The Labute approximate surface area is 154 Å². The van der Waals surface area contributed by atoms with E-state index in [1.165, 1.54) is 22.2 Å². The van der Waals surface area contributed by atoms with E-state index in [2.05, 4.69) is 10.3 Å². The van der Waals surface area contributed by atoms with Crippen LogP contribution in [0.25, 0.3) is 5.65 Å². The van der Waals surface area contributed by atoms with Crippen molar-refractivity contribution >= 4 is 40.6 Å². The van der Waals surface area contributed by atoms with Crippen molar-refractivity contribution in [2.45, 2.75) is 24.0 Å². The minimum Gasteiger partial charge on any atom is -0.325 e. The molecule has 0 radical (unpaired) electrons. The van der Waals surface area contributed by atoms with E-state index >= 15 is 0 Å². The van der Waals surface area contributed by atoms with Gasteiger partial charge in [0.15, 0.2) is 0 Å². The van der Waals surface area contributed by atoms with Crippen LogP contribution in [0.3, 0.4) is 0 Å². The van der Waals surface area contributed by atoms with Crippen molar-refractivity contribution in [2.24, 2.45) is 0 Å². The second-order valence-corrected chi connectivity index (χ2v) is 6.80. The van der Waals surface area contributed by atoms with Crippen LogP contribution in [-0.4, -0.2) is 15.3 Å². The molecule has 3 rings (SSSR count). The molecule has 0 aliphatic heterocycles. The molecule has 0 atom stereocenters. The van der Waals surface area contributed by atoms with Crippen LogP contribution >= 0.6 is 23.4 Å². The van der Waals surface area contributed by atoms with Crippen LogP contribution in [0.1, 0.15) is 19.0 Å². The van der Waals surface area contributed by atoms with Gasteiger partial charge < -0.3 is 5.32 Å². The fraction of sp³-hybridized carbons (Fsp3) is 0.167. The Morgan fingerprint density at radius 3 is 2.88 bits per heavy atom. The highest BCUT2D eigenvalue weighted by Crippen LogP contribution is 2.29. The first-order valence-corrected chi connectivity index (χ1v) is 9.12. The van der Waals surface area contributed by atoms with Crippen LogP contribution in [0, 0.1) is 0 Å². The van der Waals surface area contributed by atoms with Crippen molar-refractivity contribution in [3.8, 4) is 0 Å². The third kappa shape index (κ3) is 4.21. The number of anilines is 1. The van der Waals surface area contributed by atoms with Crippen LogP contribution in [0.5, 0.6) is 0 Å². The molecule has 5 nitrogen and oxygen atoms in total. The SMILES string of the molecule is CCC(=O)Nc1ccccc1SCc1cc(=O)n2cc(Cl)ccc2n1. The topological polar surface area (TPSA) is 63.5 Å². The number of pyridine rings is 1. The second-order valence-electron chi connectivity index (χ2n) is 5.35. The zero-order valence-corrected chi connectivity index (χ0v) is 15.1. The van der Waals surface area contributed by atoms with Gasteiger partial charge in [-0.2, -0.15) is 0 Å². The van der Waals surface area contributed by atoms with Gasteiger partial charge in [-0.05, 0) is 24.3 Å². The average Bonchev–Trinajstić information content (AvgIpc) is 2.61. The number of amides is 1. The van der Waals surface area contributed by atoms with Gasteiger partial charge in [-0.1, -0.05) is 30.7 Å². The predicted molar refractivity (Wildman–Crippen MR) is 101 cm³/mol. The maximum atomic E-state index is 12.2. The summed E-state index contributed by atoms with van der Waals surface area (Å²) < 4.78 is 1.42. The molecule has 0 fully saturated rings. The van der Waals surface area contributed by atoms with Crippen molar-refractivity contribution in [2.75, 3.05) is 5.32 Å². The summed E-state index contributed by atoms with van der Waals surface area (Å²) in [4.78, 5) is 29.3. The molecular weight excluding hydrogens is 358 g/mol. The summed E-state index contributed by atoms with van der Waals surface area (Å²) in [5.74, 6) is 0.486. The summed E-state index contributed by atoms with van der Waals surface area (Å²) in [6.45, 7) is 1.81. The van der Waals surface area contributed by atoms with Gasteiger partial charge in [-0.15, -0.1) is 11.8 Å². The minimum atomic E-state index is -0.171. The number of nitrogens with zero attached hydrogens (tertiary/aromatic N) is 2. The largest absolute Gasteiger partial charge is 0.325 e. The molecule has 2 heterocycles. The van der Waals surface area contributed by atoms with E-state index in [4.69, 9.17) is 11.6 Å². The summed E-state index contributed by atoms with van der Waals surface area (Å²) >= 11 is 7.44. The number of hydrogen-bond donors (Lipinski definition) is 1. The van der Waals surface area contributed by atoms with Gasteiger partial charge in [0.1, 0.15) is 5.65 Å². The molecule has 0 spiro atoms. The summed E-state index contributed by atoms with van der Waals surface area (Å²) in [5, 5.41) is 3.37. The normalized spacial score (nSPS) is 10.8. The van der Waals surface area contributed by atoms with Gasteiger partial charge in [0, 0.05) is 29.3 Å². The van der Waals surface area contributed by atoms with Crippen LogP contribution in [0.2, 0.25) is 5.02 Å². The number of fused-ring (bicyclic) bond motifs is 1. The number of rotatable bonds is 5. The second kappa shape index (κ2) is 7.72. The summed E-state index contributed by atoms with van der Waals surface area (Å²) in [6, 6.07) is 12.5. The van der Waals surface area contributed by atoms with Gasteiger partial charge in [0.25, 0.3) is 5.56 Å². The molecule has 0 bridgehead atoms. The van der Waals surface area contributed by atoms with Crippen LogP contribution < -0.4 is 10.9 Å². The number of carbonyl (C=O) groups excluding carboxylic acids is 1. The molecule has 0 aliphatic carbocycles. The number of carbonyl (C=O) groups is 1. The highest BCUT2D eigenvalue weighted by molar-refractivity contribution is 7.98. The van der Waals surface area contributed by atoms with Gasteiger partial charge >= 0.3 is 0 Å². The third-order valence-electron chi connectivity index (χ3n) is 3.53. The van der Waals surface area contributed by atoms with Crippen LogP contribution in [-0.2, 0) is 10.5 Å². The van der Waals surface area contributed by atoms with E-state index in [0.717, 1.165) is 10.6 Å². The Kier molecular flexibility index (Phi) is 5.40. The number of thioether (sulfide) groups is 1. The fourth-order valence-corrected chi connectivity index (χ4v) is 3.35. The Bertz CT molecular complexity index is 987. The van der Waals surface area contributed by atoms with Crippen molar-refractivity contribution in [1.29, 1.82) is 0 Å². The maximum Gasteiger partial charge on any atom is 0.258 e. The highest BCUT2D eigenvalue weighted by atomic mass is 35.5. The van der Waals surface area contributed by atoms with Crippen LogP contribution in [0.15, 0.2) is 58.4 Å². The Morgan fingerprint density at radius 1 is 1.28 bits per heavy atom. The molecule has 128 valence electrons. The van der Waals surface area contributed by atoms with Crippen molar-refractivity contribution in [3.63, 3.8) is 0 Å². The van der Waals surface area contributed by atoms with Gasteiger partial charge in [0.05, 0.1) is 16.4 Å². The first-order valence-electron chi connectivity index (χ1n) is 7.76. The Morgan fingerprint density at radius 2 is 2.08 bits per heavy atom. The quantitative estimate of drug-likeness (QED) is 0.687. The minimum absolute atomic E-state index is 0.0352. The maximum absolute atomic E-state index is 12.2. The van der Waals surface area contributed by atoms with E-state index in [0.29, 0.717) is 28.5 Å². The zero-order chi connectivity index (χ0) is 17.8. The number of nitrogens with one attached hydrogen (secondary N) is 1. The van der Waals surface area contributed by atoms with E-state index in [1.807, 2.05) is 31.2 Å². The molecule has 1 aromatic carbocycles. The van der Waals surface area contributed by atoms with Crippen molar-refractivity contribution in [1.82, 2.24) is 9.38 Å². The monoisotopic (exact) mass is 373 g/mol. The molecule has 0 aliphatic rings. The molecule has 2 aromatic heterocycles. The molecule has 0 saturated carbocycles. The predicted octanol–water partition coefficient (Wildman–Crippen LogP) is 3.99. The van der Waals surface area contributed by atoms with E-state index in [-0.39, 0.29) is 11.5 Å². The molecule has 3 aromatic rings. The highest BCUT2D eigenvalue weighted by Gasteiger charge is 2.08. The lowest BCUT2D eigenvalue weighted by Gasteiger charge is -2.10. The number of para-hydroxylation sites is 1. The molecule has 1 amide bonds. The average molecular weight is 374 g/mol. The number of benzene rings is 1. The standard InChI is InChI=1S/C18H16ClN3O2S/c1-2-17(23)21-14-5-3-4-6-15(14)25-11-13-9-18(24)22-10-12(19)7-8-16(22)20-13/h3-10H,2,11H2,1H3,(H,21,23). The molecule has 25 heavy (non-hydrogen) atoms. The van der Waals surface area contributed by atoms with E-state index < -0.39 is 0 Å². The van der Waals surface area contributed by atoms with Gasteiger partial charge in [0.2, 0.25) is 5.91 Å². The molecule has 0 unspecified atom stereocenters. The van der Waals surface area contributed by atoms with Crippen molar-refractivity contribution < 1.29 is 4.79 Å². The zero-order valence-electron chi connectivity index (χ0n) is 13.5. The lowest BCUT2D eigenvalue weighted by Crippen LogP contribution is -2.15. The molecule has 7 heteroatoms. The lowest BCUT2D eigenvalue weighted by atomic mass is 10.3. The van der Waals surface area contributed by atoms with E-state index in [1.54, 1.807) is 18.3 Å². The third-order valence-corrected chi connectivity index (χ3v) is 4.87. The number of hydrogen-bond acceptors (Lipinski definition) is 4. The fourth-order valence-electron chi connectivity index (χ4n) is 2.29. The Balaban J connectivity index is 1.83. The summed E-state index contributed by atoms with van der Waals surface area (Å²) in [6.07, 6.45) is 1.98. The van der Waals surface area contributed by atoms with Crippen molar-refractivity contribution in [3.05, 3.63) is 69.7 Å². The first-order chi connectivity index (χ1) is 12.1. The summed E-state index contributed by atoms with van der Waals surface area (Å²) in [5.41, 5.74) is 1.83. The number of halogens is 1. The van der Waals surface area contributed by atoms with Gasteiger partial charge in [-0.25, -0.2) is 4.98 Å². The number of aromatic nitrogens is 2. The lowest BCUT2D eigenvalue weighted by molar-refractivity contribution is -0.115. The van der Waals surface area contributed by atoms with Gasteiger partial charge in [-0.3, -0.25) is 14.0 Å². The Hall–Kier alpha value is -2.31. The first kappa shape index (κ1) is 17.5. The summed E-state index contributed by atoms with van der Waals surface area (Å²) in [7, 11) is 0.